The number of ether oxygens (including phenoxy) is 2. The van der Waals surface area contributed by atoms with Gasteiger partial charge >= 0.3 is 5.97 Å². The number of rotatable bonds is 24. The first kappa shape index (κ1) is 53.7. The van der Waals surface area contributed by atoms with Crippen LogP contribution in [0.2, 0.25) is 0 Å². The van der Waals surface area contributed by atoms with Crippen molar-refractivity contribution in [2.24, 2.45) is 4.99 Å². The van der Waals surface area contributed by atoms with E-state index in [1.807, 2.05) is 17.9 Å². The minimum Gasteiger partial charge on any atom is -0.394 e. The highest BCUT2D eigenvalue weighted by molar-refractivity contribution is 7.86. The smallest absolute Gasteiger partial charge is 0.335 e. The van der Waals surface area contributed by atoms with E-state index in [-0.39, 0.29) is 81.4 Å². The third-order valence-electron chi connectivity index (χ3n) is 11.3. The van der Waals surface area contributed by atoms with Gasteiger partial charge in [-0.1, -0.05) is 36.4 Å². The summed E-state index contributed by atoms with van der Waals surface area (Å²) in [7, 11) is -12.0. The second kappa shape index (κ2) is 22.7. The molecule has 4 N–H and O–H groups in total. The van der Waals surface area contributed by atoms with E-state index >= 15 is 0 Å². The van der Waals surface area contributed by atoms with Crippen molar-refractivity contribution < 1.29 is 72.7 Å². The molecule has 0 aliphatic carbocycles. The summed E-state index contributed by atoms with van der Waals surface area (Å²) in [4.78, 5) is 46.7. The Kier molecular flexibility index (Phi) is 18.5. The maximum atomic E-state index is 12.3. The SMILES string of the molecule is COCCC1(C)\C(=C/C=C/C=C/C=C/C(=NCCO)C(C)(CCCS(=O)(=O)O)c2cc(S(=O)(=O)O)c(C)cc2C)N(CCOCCC(=O)ON2C(=O)CCC2=O)c2ccc(S(=O)(=O)O)cc21. The molecule has 66 heavy (non-hydrogen) atoms. The lowest BCUT2D eigenvalue weighted by Crippen LogP contribution is -2.34. The van der Waals surface area contributed by atoms with Crippen LogP contribution in [0.1, 0.15) is 74.6 Å². The van der Waals surface area contributed by atoms with Gasteiger partial charge in [0.1, 0.15) is 0 Å². The number of amides is 2. The zero-order valence-corrected chi connectivity index (χ0v) is 39.8. The Balaban J connectivity index is 1.64. The summed E-state index contributed by atoms with van der Waals surface area (Å²) >= 11 is 0. The highest BCUT2D eigenvalue weighted by Crippen LogP contribution is 2.50. The predicted molar refractivity (Wildman–Crippen MR) is 244 cm³/mol. The first-order valence-corrected chi connectivity index (χ1v) is 25.3. The lowest BCUT2D eigenvalue weighted by atomic mass is 9.72. The third kappa shape index (κ3) is 13.8. The van der Waals surface area contributed by atoms with E-state index in [1.165, 1.54) is 32.2 Å². The Morgan fingerprint density at radius 1 is 0.894 bits per heavy atom. The van der Waals surface area contributed by atoms with Gasteiger partial charge in [0.15, 0.2) is 0 Å². The normalized spacial score (nSPS) is 19.0. The Hall–Kier alpha value is -4.91. The number of carbonyl (C=O) groups is 3. The van der Waals surface area contributed by atoms with Crippen LogP contribution in [-0.2, 0) is 69.9 Å². The number of hydrogen-bond donors (Lipinski definition) is 4. The standard InChI is InChI=1S/C44H57N3O16S3/c1-31-28-32(2)37(66(58,59)60)30-34(31)43(3,19-11-27-64(52,53)54)38(45-21-23-48)12-9-7-6-8-10-13-39-44(4,20-25-61-5)35-29-33(65(55,56)57)14-15-36(35)46(39)22-26-62-24-18-42(51)63-47-40(49)16-17-41(47)50/h6-10,12-15,28-30,48H,11,16-27H2,1-5H3,(H,52,53,54)(H,55,56,57)(H,58,59,60)/b7-6+,10-8+,12-9+,39-13+,45-38?. The summed E-state index contributed by atoms with van der Waals surface area (Å²) in [5.74, 6) is -2.61. The molecule has 2 aliphatic heterocycles. The molecule has 0 aromatic heterocycles. The van der Waals surface area contributed by atoms with Gasteiger partial charge in [0, 0.05) is 61.0 Å². The number of benzene rings is 2. The van der Waals surface area contributed by atoms with Crippen molar-refractivity contribution in [1.82, 2.24) is 5.06 Å². The van der Waals surface area contributed by atoms with Crippen molar-refractivity contribution in [2.45, 2.75) is 86.8 Å². The summed E-state index contributed by atoms with van der Waals surface area (Å²) in [6, 6.07) is 7.18. The van der Waals surface area contributed by atoms with Gasteiger partial charge in [-0.25, -0.2) is 4.79 Å². The number of aryl methyl sites for hydroxylation is 2. The minimum absolute atomic E-state index is 0.0396. The number of methoxy groups -OCH3 is 1. The van der Waals surface area contributed by atoms with E-state index in [9.17, 15) is 58.4 Å². The summed E-state index contributed by atoms with van der Waals surface area (Å²) in [5, 5.41) is 10.2. The molecule has 2 unspecified atom stereocenters. The number of allylic oxidation sites excluding steroid dienone is 8. The van der Waals surface area contributed by atoms with E-state index in [1.54, 1.807) is 62.4 Å². The fraction of sp³-hybridized carbons (Fsp3) is 0.455. The largest absolute Gasteiger partial charge is 0.394 e. The van der Waals surface area contributed by atoms with Crippen LogP contribution >= 0.6 is 0 Å². The van der Waals surface area contributed by atoms with Crippen LogP contribution < -0.4 is 4.90 Å². The first-order chi connectivity index (χ1) is 30.9. The van der Waals surface area contributed by atoms with Gasteiger partial charge in [0.2, 0.25) is 0 Å². The van der Waals surface area contributed by atoms with E-state index in [0.717, 1.165) is 0 Å². The topological polar surface area (TPSA) is 281 Å². The molecule has 0 bridgehead atoms. The number of carbonyl (C=O) groups excluding carboxylic acids is 3. The Morgan fingerprint density at radius 2 is 1.56 bits per heavy atom. The van der Waals surface area contributed by atoms with E-state index in [4.69, 9.17) is 14.3 Å². The summed E-state index contributed by atoms with van der Waals surface area (Å²) in [6.45, 7) is 7.00. The van der Waals surface area contributed by atoms with E-state index in [0.29, 0.717) is 50.8 Å². The molecule has 0 radical (unpaired) electrons. The number of hydroxylamine groups is 2. The molecule has 2 aliphatic rings. The average molecular weight is 980 g/mol. The van der Waals surface area contributed by atoms with Crippen LogP contribution in [0.5, 0.6) is 0 Å². The van der Waals surface area contributed by atoms with Gasteiger partial charge in [-0.3, -0.25) is 28.2 Å². The Morgan fingerprint density at radius 3 is 2.18 bits per heavy atom. The fourth-order valence-electron chi connectivity index (χ4n) is 8.00. The maximum Gasteiger partial charge on any atom is 0.335 e. The van der Waals surface area contributed by atoms with Crippen LogP contribution in [0.25, 0.3) is 0 Å². The molecule has 2 heterocycles. The zero-order valence-electron chi connectivity index (χ0n) is 37.4. The molecule has 19 nitrogen and oxygen atoms in total. The van der Waals surface area contributed by atoms with Crippen LogP contribution in [0.4, 0.5) is 5.69 Å². The lowest BCUT2D eigenvalue weighted by molar-refractivity contribution is -0.198. The number of aliphatic imine (C=N–C) groups is 1. The fourth-order valence-corrected chi connectivity index (χ4v) is 9.75. The second-order valence-electron chi connectivity index (χ2n) is 16.1. The molecule has 0 saturated carbocycles. The van der Waals surface area contributed by atoms with Crippen molar-refractivity contribution >= 4 is 59.5 Å². The van der Waals surface area contributed by atoms with Gasteiger partial charge in [-0.2, -0.15) is 25.3 Å². The maximum absolute atomic E-state index is 12.3. The predicted octanol–water partition coefficient (Wildman–Crippen LogP) is 4.54. The van der Waals surface area contributed by atoms with Crippen molar-refractivity contribution in [3.63, 3.8) is 0 Å². The Labute approximate surface area is 385 Å². The van der Waals surface area contributed by atoms with Crippen molar-refractivity contribution in [2.75, 3.05) is 57.3 Å². The van der Waals surface area contributed by atoms with Crippen LogP contribution in [0.3, 0.4) is 0 Å². The van der Waals surface area contributed by atoms with Crippen molar-refractivity contribution in [3.8, 4) is 0 Å². The van der Waals surface area contributed by atoms with Crippen molar-refractivity contribution in [1.29, 1.82) is 0 Å². The highest BCUT2D eigenvalue weighted by Gasteiger charge is 2.44. The molecule has 1 fully saturated rings. The van der Waals surface area contributed by atoms with Gasteiger partial charge in [0.25, 0.3) is 42.2 Å². The number of fused-ring (bicyclic) bond motifs is 1. The van der Waals surface area contributed by atoms with Gasteiger partial charge in [0.05, 0.1) is 48.3 Å². The first-order valence-electron chi connectivity index (χ1n) is 20.8. The molecule has 1 saturated heterocycles. The molecule has 0 spiro atoms. The molecule has 22 heteroatoms. The monoisotopic (exact) mass is 979 g/mol. The highest BCUT2D eigenvalue weighted by atomic mass is 32.2. The lowest BCUT2D eigenvalue weighted by Gasteiger charge is -2.33. The van der Waals surface area contributed by atoms with E-state index < -0.39 is 64.7 Å². The number of nitrogens with zero attached hydrogens (tertiary/aromatic N) is 3. The number of imide groups is 1. The second-order valence-corrected chi connectivity index (χ2v) is 20.5. The zero-order chi connectivity index (χ0) is 49.1. The number of aliphatic hydroxyl groups excluding tert-OH is 1. The minimum atomic E-state index is -4.65. The molecular formula is C44H57N3O16S3. The molecule has 2 aromatic rings. The van der Waals surface area contributed by atoms with Crippen molar-refractivity contribution in [3.05, 3.63) is 101 Å². The molecular weight excluding hydrogens is 923 g/mol. The van der Waals surface area contributed by atoms with Crippen LogP contribution in [0, 0.1) is 13.8 Å². The summed E-state index contributed by atoms with van der Waals surface area (Å²) in [6.07, 6.45) is 12.0. The van der Waals surface area contributed by atoms with Crippen LogP contribution in [-0.4, -0.2) is 125 Å². The Bertz CT molecular complexity index is 2620. The number of aliphatic hydroxyl groups is 1. The molecule has 4 rings (SSSR count). The van der Waals surface area contributed by atoms with Gasteiger partial charge in [-0.05, 0) is 106 Å². The molecule has 2 aromatic carbocycles. The molecule has 362 valence electrons. The van der Waals surface area contributed by atoms with Gasteiger partial charge < -0.3 is 24.3 Å². The van der Waals surface area contributed by atoms with Gasteiger partial charge in [-0.15, -0.1) is 5.06 Å². The van der Waals surface area contributed by atoms with E-state index in [2.05, 4.69) is 4.99 Å². The summed E-state index contributed by atoms with van der Waals surface area (Å²) < 4.78 is 113. The third-order valence-corrected chi connectivity index (χ3v) is 13.9. The number of anilines is 1. The average Bonchev–Trinajstić information content (AvgIpc) is 3.66. The quantitative estimate of drug-likeness (QED) is 0.0369. The molecule has 2 atom stereocenters. The molecule has 2 amide bonds. The van der Waals surface area contributed by atoms with Crippen LogP contribution in [0.15, 0.2) is 93.3 Å². The number of hydrogen-bond acceptors (Lipinski definition) is 15. The summed E-state index contributed by atoms with van der Waals surface area (Å²) in [5.41, 5.74) is 1.62.